The van der Waals surface area contributed by atoms with E-state index in [2.05, 4.69) is 43.2 Å². The first kappa shape index (κ1) is 15.7. The van der Waals surface area contributed by atoms with Gasteiger partial charge in [-0.1, -0.05) is 25.8 Å². The minimum Gasteiger partial charge on any atom is -0.303 e. The van der Waals surface area contributed by atoms with Gasteiger partial charge in [0.25, 0.3) is 0 Å². The zero-order valence-electron chi connectivity index (χ0n) is 13.0. The second kappa shape index (κ2) is 6.86. The van der Waals surface area contributed by atoms with Crippen molar-refractivity contribution in [1.29, 1.82) is 0 Å². The Labute approximate surface area is 127 Å². The van der Waals surface area contributed by atoms with Gasteiger partial charge in [-0.3, -0.25) is 4.90 Å². The van der Waals surface area contributed by atoms with Gasteiger partial charge >= 0.3 is 0 Å². The van der Waals surface area contributed by atoms with Crippen molar-refractivity contribution < 1.29 is 4.79 Å². The Morgan fingerprint density at radius 2 is 2.35 bits per heavy atom. The third-order valence-corrected chi connectivity index (χ3v) is 5.43. The van der Waals surface area contributed by atoms with Gasteiger partial charge < -0.3 is 4.79 Å². The molecule has 0 spiro atoms. The van der Waals surface area contributed by atoms with Crippen molar-refractivity contribution in [2.45, 2.75) is 59.0 Å². The van der Waals surface area contributed by atoms with Crippen LogP contribution in [0.4, 0.5) is 0 Å². The van der Waals surface area contributed by atoms with Gasteiger partial charge in [0.1, 0.15) is 6.29 Å². The Bertz CT molecular complexity index is 415. The van der Waals surface area contributed by atoms with Crippen molar-refractivity contribution in [3.8, 4) is 0 Å². The van der Waals surface area contributed by atoms with Gasteiger partial charge in [-0.05, 0) is 44.1 Å². The smallest absolute Gasteiger partial charge is 0.127 e. The fourth-order valence-corrected chi connectivity index (χ4v) is 4.15. The van der Waals surface area contributed by atoms with Crippen LogP contribution in [0.15, 0.2) is 17.5 Å². The van der Waals surface area contributed by atoms with E-state index >= 15 is 0 Å². The molecular weight excluding hydrogens is 266 g/mol. The van der Waals surface area contributed by atoms with Crippen LogP contribution in [0.25, 0.3) is 0 Å². The summed E-state index contributed by atoms with van der Waals surface area (Å²) >= 11 is 1.81. The van der Waals surface area contributed by atoms with Gasteiger partial charge in [-0.15, -0.1) is 11.3 Å². The number of rotatable bonds is 6. The van der Waals surface area contributed by atoms with E-state index in [0.29, 0.717) is 12.0 Å². The Balaban J connectivity index is 2.07. The lowest BCUT2D eigenvalue weighted by Gasteiger charge is -2.40. The first-order valence-corrected chi connectivity index (χ1v) is 8.65. The monoisotopic (exact) mass is 293 g/mol. The average Bonchev–Trinajstić information content (AvgIpc) is 2.91. The Hall–Kier alpha value is -0.670. The first-order valence-electron chi connectivity index (χ1n) is 7.77. The van der Waals surface area contributed by atoms with E-state index in [4.69, 9.17) is 0 Å². The Morgan fingerprint density at radius 1 is 1.55 bits per heavy atom. The fraction of sp³-hybridized carbons (Fsp3) is 0.706. The molecule has 2 rings (SSSR count). The van der Waals surface area contributed by atoms with Crippen LogP contribution in [-0.2, 0) is 11.3 Å². The van der Waals surface area contributed by atoms with Gasteiger partial charge in [0.15, 0.2) is 0 Å². The van der Waals surface area contributed by atoms with Crippen molar-refractivity contribution in [1.82, 2.24) is 4.90 Å². The normalized spacial score (nSPS) is 27.1. The number of hydrogen-bond acceptors (Lipinski definition) is 3. The standard InChI is InChI=1S/C17H27NOS/c1-14(2)18(11-16-7-5-9-20-16)12-17(13-19)8-4-6-15(3)10-17/h5,7,9,13-15H,4,6,8,10-12H2,1-3H3. The highest BCUT2D eigenvalue weighted by atomic mass is 32.1. The number of aldehydes is 1. The van der Waals surface area contributed by atoms with Crippen LogP contribution in [0, 0.1) is 11.3 Å². The predicted octanol–water partition coefficient (Wildman–Crippen LogP) is 4.35. The van der Waals surface area contributed by atoms with Gasteiger partial charge in [0.2, 0.25) is 0 Å². The highest BCUT2D eigenvalue weighted by Crippen LogP contribution is 2.39. The van der Waals surface area contributed by atoms with Crippen LogP contribution in [0.3, 0.4) is 0 Å². The molecule has 2 nitrogen and oxygen atoms in total. The van der Waals surface area contributed by atoms with Gasteiger partial charge in [0, 0.05) is 29.4 Å². The second-order valence-corrected chi connectivity index (χ2v) is 7.79. The number of nitrogens with zero attached hydrogens (tertiary/aromatic N) is 1. The third kappa shape index (κ3) is 3.92. The minimum absolute atomic E-state index is 0.112. The molecule has 1 aliphatic carbocycles. The fourth-order valence-electron chi connectivity index (χ4n) is 3.42. The molecule has 0 aromatic carbocycles. The highest BCUT2D eigenvalue weighted by molar-refractivity contribution is 7.09. The van der Waals surface area contributed by atoms with Crippen LogP contribution in [-0.4, -0.2) is 23.8 Å². The van der Waals surface area contributed by atoms with Crippen molar-refractivity contribution >= 4 is 17.6 Å². The summed E-state index contributed by atoms with van der Waals surface area (Å²) in [5.41, 5.74) is -0.112. The lowest BCUT2D eigenvalue weighted by atomic mass is 9.70. The maximum atomic E-state index is 11.8. The summed E-state index contributed by atoms with van der Waals surface area (Å²) in [7, 11) is 0. The SMILES string of the molecule is CC1CCCC(C=O)(CN(Cc2cccs2)C(C)C)C1. The molecule has 1 aromatic rings. The summed E-state index contributed by atoms with van der Waals surface area (Å²) in [6.45, 7) is 8.64. The molecule has 2 atom stereocenters. The van der Waals surface area contributed by atoms with E-state index < -0.39 is 0 Å². The lowest BCUT2D eigenvalue weighted by Crippen LogP contribution is -2.44. The third-order valence-electron chi connectivity index (χ3n) is 4.56. The molecule has 1 saturated carbocycles. The van der Waals surface area contributed by atoms with E-state index in [1.54, 1.807) is 0 Å². The van der Waals surface area contributed by atoms with Crippen molar-refractivity contribution in [3.05, 3.63) is 22.4 Å². The quantitative estimate of drug-likeness (QED) is 0.727. The molecule has 1 aliphatic rings. The molecule has 1 fully saturated rings. The summed E-state index contributed by atoms with van der Waals surface area (Å²) in [4.78, 5) is 15.6. The Morgan fingerprint density at radius 3 is 2.90 bits per heavy atom. The van der Waals surface area contributed by atoms with Crippen LogP contribution in [0.1, 0.15) is 51.3 Å². The van der Waals surface area contributed by atoms with E-state index in [1.165, 1.54) is 24.0 Å². The topological polar surface area (TPSA) is 20.3 Å². The number of carbonyl (C=O) groups excluding carboxylic acids is 1. The summed E-state index contributed by atoms with van der Waals surface area (Å²) in [5, 5.41) is 2.13. The molecule has 1 heterocycles. The molecule has 1 aromatic heterocycles. The second-order valence-electron chi connectivity index (χ2n) is 6.76. The van der Waals surface area contributed by atoms with E-state index in [-0.39, 0.29) is 5.41 Å². The summed E-state index contributed by atoms with van der Waals surface area (Å²) in [5.74, 6) is 0.685. The summed E-state index contributed by atoms with van der Waals surface area (Å²) < 4.78 is 0. The molecule has 0 aliphatic heterocycles. The van der Waals surface area contributed by atoms with Crippen molar-refractivity contribution in [3.63, 3.8) is 0 Å². The van der Waals surface area contributed by atoms with Crippen LogP contribution in [0.5, 0.6) is 0 Å². The van der Waals surface area contributed by atoms with Crippen LogP contribution < -0.4 is 0 Å². The highest BCUT2D eigenvalue weighted by Gasteiger charge is 2.36. The van der Waals surface area contributed by atoms with E-state index in [1.807, 2.05) is 11.3 Å². The first-order chi connectivity index (χ1) is 9.54. The number of thiophene rings is 1. The molecule has 0 radical (unpaired) electrons. The number of hydrogen-bond donors (Lipinski definition) is 0. The minimum atomic E-state index is -0.112. The van der Waals surface area contributed by atoms with Gasteiger partial charge in [-0.25, -0.2) is 0 Å². The molecule has 2 unspecified atom stereocenters. The number of carbonyl (C=O) groups is 1. The summed E-state index contributed by atoms with van der Waals surface area (Å²) in [6.07, 6.45) is 5.86. The molecule has 0 saturated heterocycles. The zero-order chi connectivity index (χ0) is 14.6. The molecule has 3 heteroatoms. The van der Waals surface area contributed by atoms with Crippen LogP contribution >= 0.6 is 11.3 Å². The maximum Gasteiger partial charge on any atom is 0.127 e. The molecular formula is C17H27NOS. The van der Waals surface area contributed by atoms with E-state index in [0.717, 1.165) is 25.9 Å². The van der Waals surface area contributed by atoms with Crippen molar-refractivity contribution in [2.75, 3.05) is 6.54 Å². The molecule has 20 heavy (non-hydrogen) atoms. The molecule has 0 amide bonds. The maximum absolute atomic E-state index is 11.8. The predicted molar refractivity (Wildman–Crippen MR) is 86.0 cm³/mol. The molecule has 112 valence electrons. The van der Waals surface area contributed by atoms with Gasteiger partial charge in [-0.2, -0.15) is 0 Å². The van der Waals surface area contributed by atoms with Gasteiger partial charge in [0.05, 0.1) is 0 Å². The van der Waals surface area contributed by atoms with Crippen molar-refractivity contribution in [2.24, 2.45) is 11.3 Å². The Kier molecular flexibility index (Phi) is 5.39. The average molecular weight is 293 g/mol. The van der Waals surface area contributed by atoms with Crippen LogP contribution in [0.2, 0.25) is 0 Å². The zero-order valence-corrected chi connectivity index (χ0v) is 13.8. The summed E-state index contributed by atoms with van der Waals surface area (Å²) in [6, 6.07) is 4.78. The molecule has 0 N–H and O–H groups in total. The largest absolute Gasteiger partial charge is 0.303 e. The lowest BCUT2D eigenvalue weighted by molar-refractivity contribution is -0.120. The molecule has 0 bridgehead atoms. The van der Waals surface area contributed by atoms with E-state index in [9.17, 15) is 4.79 Å².